The zero-order chi connectivity index (χ0) is 18.9. The van der Waals surface area contributed by atoms with Crippen molar-refractivity contribution in [1.29, 1.82) is 0 Å². The largest absolute Gasteiger partial charge is 0.385 e. The Morgan fingerprint density at radius 2 is 1.88 bits per heavy atom. The molecule has 142 valence electrons. The van der Waals surface area contributed by atoms with Crippen molar-refractivity contribution in [2.24, 2.45) is 16.8 Å². The quantitative estimate of drug-likeness (QED) is 0.630. The average Bonchev–Trinajstić information content (AvgIpc) is 2.78. The molecule has 0 N–H and O–H groups in total. The summed E-state index contributed by atoms with van der Waals surface area (Å²) in [5.74, 6) is 1.47. The molecule has 0 radical (unpaired) electrons. The van der Waals surface area contributed by atoms with E-state index in [-0.39, 0.29) is 11.7 Å². The molecule has 2 rings (SSSR count). The Morgan fingerprint density at radius 3 is 2.54 bits per heavy atom. The normalized spacial score (nSPS) is 19.3. The number of benzene rings is 1. The highest BCUT2D eigenvalue weighted by molar-refractivity contribution is 8.14. The van der Waals surface area contributed by atoms with E-state index in [1.54, 1.807) is 26.0 Å². The Kier molecular flexibility index (Phi) is 8.55. The summed E-state index contributed by atoms with van der Waals surface area (Å²) in [4.78, 5) is 17.9. The molecule has 0 aliphatic carbocycles. The molecular weight excluding hydrogens is 346 g/mol. The summed E-state index contributed by atoms with van der Waals surface area (Å²) in [6, 6.07) is 9.98. The molecule has 0 spiro atoms. The first-order valence-electron chi connectivity index (χ1n) is 9.07. The van der Waals surface area contributed by atoms with E-state index in [2.05, 4.69) is 6.92 Å². The minimum Gasteiger partial charge on any atom is -0.385 e. The molecule has 0 amide bonds. The van der Waals surface area contributed by atoms with Gasteiger partial charge < -0.3 is 9.47 Å². The third kappa shape index (κ3) is 5.53. The zero-order valence-corrected chi connectivity index (χ0v) is 17.0. The van der Waals surface area contributed by atoms with Crippen molar-refractivity contribution < 1.29 is 14.3 Å². The lowest BCUT2D eigenvalue weighted by Gasteiger charge is -2.23. The second-order valence-electron chi connectivity index (χ2n) is 6.62. The monoisotopic (exact) mass is 375 g/mol. The molecule has 0 fully saturated rings. The maximum absolute atomic E-state index is 12.9. The van der Waals surface area contributed by atoms with Crippen LogP contribution >= 0.6 is 11.8 Å². The highest BCUT2D eigenvalue weighted by Gasteiger charge is 2.30. The fraction of sp³-hybridized carbons (Fsp3) is 0.524. The highest BCUT2D eigenvalue weighted by Crippen LogP contribution is 2.35. The smallest absolute Gasteiger partial charge is 0.161 e. The van der Waals surface area contributed by atoms with Crippen LogP contribution in [0.3, 0.4) is 0 Å². The first kappa shape index (κ1) is 20.9. The van der Waals surface area contributed by atoms with E-state index in [1.165, 1.54) is 0 Å². The molecule has 1 aromatic rings. The van der Waals surface area contributed by atoms with Gasteiger partial charge in [-0.15, -0.1) is 11.8 Å². The Labute approximate surface area is 161 Å². The van der Waals surface area contributed by atoms with Gasteiger partial charge in [0.15, 0.2) is 5.78 Å². The Morgan fingerprint density at radius 1 is 1.19 bits per heavy atom. The number of carbonyl (C=O) groups excluding carboxylic acids is 1. The molecule has 4 nitrogen and oxygen atoms in total. The minimum absolute atomic E-state index is 0.121. The molecule has 1 aromatic carbocycles. The molecule has 1 heterocycles. The van der Waals surface area contributed by atoms with Gasteiger partial charge >= 0.3 is 0 Å². The van der Waals surface area contributed by atoms with E-state index in [0.717, 1.165) is 34.1 Å². The van der Waals surface area contributed by atoms with Crippen LogP contribution < -0.4 is 0 Å². The van der Waals surface area contributed by atoms with Gasteiger partial charge in [0.25, 0.3) is 0 Å². The number of ketones is 1. The minimum atomic E-state index is 0.121. The van der Waals surface area contributed by atoms with Gasteiger partial charge in [0.2, 0.25) is 0 Å². The van der Waals surface area contributed by atoms with Gasteiger partial charge in [0.05, 0.1) is 17.3 Å². The summed E-state index contributed by atoms with van der Waals surface area (Å²) in [7, 11) is 3.42. The maximum atomic E-state index is 12.9. The first-order chi connectivity index (χ1) is 12.6. The summed E-state index contributed by atoms with van der Waals surface area (Å²) in [5.41, 5.74) is 2.55. The van der Waals surface area contributed by atoms with Crippen molar-refractivity contribution in [1.82, 2.24) is 0 Å². The van der Waals surface area contributed by atoms with E-state index in [4.69, 9.17) is 14.5 Å². The predicted octanol–water partition coefficient (Wildman–Crippen LogP) is 4.46. The molecule has 5 heteroatoms. The maximum Gasteiger partial charge on any atom is 0.161 e. The van der Waals surface area contributed by atoms with Crippen LogP contribution in [0.4, 0.5) is 0 Å². The zero-order valence-electron chi connectivity index (χ0n) is 16.2. The highest BCUT2D eigenvalue weighted by atomic mass is 32.2. The Bertz CT molecular complexity index is 654. The van der Waals surface area contributed by atoms with Crippen molar-refractivity contribution in [3.8, 4) is 0 Å². The van der Waals surface area contributed by atoms with Gasteiger partial charge in [0.1, 0.15) is 0 Å². The van der Waals surface area contributed by atoms with Crippen LogP contribution in [0.1, 0.15) is 32.3 Å². The molecule has 0 saturated carbocycles. The van der Waals surface area contributed by atoms with Gasteiger partial charge in [-0.2, -0.15) is 0 Å². The number of nitrogens with zero attached hydrogens (tertiary/aromatic N) is 1. The molecule has 1 aliphatic rings. The summed E-state index contributed by atoms with van der Waals surface area (Å²) >= 11 is 1.71. The van der Waals surface area contributed by atoms with Crippen LogP contribution in [-0.2, 0) is 14.3 Å². The number of allylic oxidation sites excluding steroid dienone is 1. The van der Waals surface area contributed by atoms with Crippen LogP contribution in [0.5, 0.6) is 0 Å². The second kappa shape index (κ2) is 10.7. The lowest BCUT2D eigenvalue weighted by Crippen LogP contribution is -2.24. The Balaban J connectivity index is 2.38. The van der Waals surface area contributed by atoms with Crippen LogP contribution in [-0.4, -0.2) is 44.0 Å². The Hall–Kier alpha value is -1.43. The second-order valence-corrected chi connectivity index (χ2v) is 7.74. The summed E-state index contributed by atoms with van der Waals surface area (Å²) in [6.07, 6.45) is 1.42. The average molecular weight is 376 g/mol. The van der Waals surface area contributed by atoms with Crippen molar-refractivity contribution in [3.05, 3.63) is 41.5 Å². The number of methoxy groups -OCH3 is 2. The standard InChI is InChI=1S/C21H29NO3S/c1-15(10-11-24-3)18-14-19(23)16(2)20(17-8-6-5-7-9-17)22-21(18)26-13-12-25-4/h5-9,15,18H,10-14H2,1-4H3. The SMILES string of the molecule is COCCSC1=NC(c2ccccc2)=C(C)C(=O)CC1C(C)CCOC. The van der Waals surface area contributed by atoms with Gasteiger partial charge in [0, 0.05) is 50.1 Å². The van der Waals surface area contributed by atoms with Gasteiger partial charge in [-0.25, -0.2) is 4.99 Å². The van der Waals surface area contributed by atoms with Gasteiger partial charge in [-0.3, -0.25) is 4.79 Å². The van der Waals surface area contributed by atoms with E-state index < -0.39 is 0 Å². The van der Waals surface area contributed by atoms with E-state index in [1.807, 2.05) is 37.3 Å². The molecule has 0 saturated heterocycles. The number of hydrogen-bond acceptors (Lipinski definition) is 5. The fourth-order valence-electron chi connectivity index (χ4n) is 3.04. The lowest BCUT2D eigenvalue weighted by atomic mass is 9.87. The van der Waals surface area contributed by atoms with E-state index in [9.17, 15) is 4.79 Å². The van der Waals surface area contributed by atoms with E-state index in [0.29, 0.717) is 25.6 Å². The first-order valence-corrected chi connectivity index (χ1v) is 10.1. The molecule has 2 unspecified atom stereocenters. The van der Waals surface area contributed by atoms with Crippen molar-refractivity contribution >= 4 is 28.3 Å². The van der Waals surface area contributed by atoms with Crippen LogP contribution in [0.15, 0.2) is 40.9 Å². The van der Waals surface area contributed by atoms with Crippen molar-refractivity contribution in [2.45, 2.75) is 26.7 Å². The third-order valence-electron chi connectivity index (χ3n) is 4.77. The number of carbonyl (C=O) groups is 1. The molecule has 26 heavy (non-hydrogen) atoms. The summed E-state index contributed by atoms with van der Waals surface area (Å²) < 4.78 is 10.4. The number of Topliss-reactive ketones (excluding diaryl/α,β-unsaturated/α-hetero) is 1. The number of rotatable bonds is 8. The molecular formula is C21H29NO3S. The lowest BCUT2D eigenvalue weighted by molar-refractivity contribution is -0.116. The molecule has 2 atom stereocenters. The van der Waals surface area contributed by atoms with Crippen molar-refractivity contribution in [2.75, 3.05) is 33.2 Å². The van der Waals surface area contributed by atoms with Crippen molar-refractivity contribution in [3.63, 3.8) is 0 Å². The van der Waals surface area contributed by atoms with Gasteiger partial charge in [-0.05, 0) is 19.3 Å². The van der Waals surface area contributed by atoms with E-state index >= 15 is 0 Å². The number of thioether (sulfide) groups is 1. The third-order valence-corrected chi connectivity index (χ3v) is 5.83. The number of hydrogen-bond donors (Lipinski definition) is 0. The number of ether oxygens (including phenoxy) is 2. The molecule has 1 aliphatic heterocycles. The number of aliphatic imine (C=N–C) groups is 1. The van der Waals surface area contributed by atoms with Crippen LogP contribution in [0.25, 0.3) is 5.70 Å². The molecule has 0 aromatic heterocycles. The van der Waals surface area contributed by atoms with Gasteiger partial charge in [-0.1, -0.05) is 37.3 Å². The fourth-order valence-corrected chi connectivity index (χ4v) is 4.19. The predicted molar refractivity (Wildman–Crippen MR) is 110 cm³/mol. The summed E-state index contributed by atoms with van der Waals surface area (Å²) in [6.45, 7) is 5.44. The van der Waals surface area contributed by atoms with Crippen LogP contribution in [0, 0.1) is 11.8 Å². The molecule has 0 bridgehead atoms. The van der Waals surface area contributed by atoms with Crippen LogP contribution in [0.2, 0.25) is 0 Å². The summed E-state index contributed by atoms with van der Waals surface area (Å²) in [5, 5.41) is 1.04. The topological polar surface area (TPSA) is 47.9 Å².